The fraction of sp³-hybridized carbons (Fsp3) is 0.0714. The summed E-state index contributed by atoms with van der Waals surface area (Å²) in [6, 6.07) is 11.3. The van der Waals surface area contributed by atoms with E-state index in [1.807, 2.05) is 0 Å². The van der Waals surface area contributed by atoms with Gasteiger partial charge in [-0.25, -0.2) is 4.98 Å². The maximum absolute atomic E-state index is 11.8. The Morgan fingerprint density at radius 3 is 2.52 bits per heavy atom. The Labute approximate surface area is 126 Å². The molecule has 2 aromatic rings. The highest BCUT2D eigenvalue weighted by molar-refractivity contribution is 6.29. The lowest BCUT2D eigenvalue weighted by Gasteiger charge is -2.06. The van der Waals surface area contributed by atoms with Crippen molar-refractivity contribution in [3.8, 4) is 0 Å². The molecule has 0 bridgehead atoms. The highest BCUT2D eigenvalue weighted by Crippen LogP contribution is 2.09. The SMILES string of the molecule is Nc1ccc(C(=O)NCC(=O)Nc2cccc(Cl)n2)cc1. The van der Waals surface area contributed by atoms with Crippen LogP contribution < -0.4 is 16.4 Å². The van der Waals surface area contributed by atoms with Gasteiger partial charge >= 0.3 is 0 Å². The van der Waals surface area contributed by atoms with Crippen molar-refractivity contribution in [1.82, 2.24) is 10.3 Å². The molecule has 0 atom stereocenters. The summed E-state index contributed by atoms with van der Waals surface area (Å²) in [6.45, 7) is -0.169. The van der Waals surface area contributed by atoms with Crippen molar-refractivity contribution in [3.05, 3.63) is 53.2 Å². The van der Waals surface area contributed by atoms with E-state index in [2.05, 4.69) is 15.6 Å². The number of nitrogens with two attached hydrogens (primary N) is 1. The molecule has 0 aliphatic carbocycles. The number of amides is 2. The summed E-state index contributed by atoms with van der Waals surface area (Å²) < 4.78 is 0. The second-order valence-electron chi connectivity index (χ2n) is 4.20. The number of pyridine rings is 1. The van der Waals surface area contributed by atoms with Gasteiger partial charge in [0, 0.05) is 11.3 Å². The van der Waals surface area contributed by atoms with Crippen LogP contribution in [0.1, 0.15) is 10.4 Å². The zero-order valence-electron chi connectivity index (χ0n) is 11.0. The molecule has 7 heteroatoms. The molecule has 0 saturated heterocycles. The summed E-state index contributed by atoms with van der Waals surface area (Å²) in [4.78, 5) is 27.4. The highest BCUT2D eigenvalue weighted by atomic mass is 35.5. The second kappa shape index (κ2) is 6.71. The van der Waals surface area contributed by atoms with E-state index in [0.29, 0.717) is 17.1 Å². The molecule has 21 heavy (non-hydrogen) atoms. The fourth-order valence-electron chi connectivity index (χ4n) is 1.56. The minimum atomic E-state index is -0.395. The Balaban J connectivity index is 1.86. The van der Waals surface area contributed by atoms with Gasteiger partial charge in [-0.15, -0.1) is 0 Å². The highest BCUT2D eigenvalue weighted by Gasteiger charge is 2.08. The minimum absolute atomic E-state index is 0.169. The van der Waals surface area contributed by atoms with E-state index in [-0.39, 0.29) is 17.6 Å². The molecule has 108 valence electrons. The number of carbonyl (C=O) groups is 2. The number of anilines is 2. The van der Waals surface area contributed by atoms with Gasteiger partial charge in [-0.2, -0.15) is 0 Å². The molecule has 6 nitrogen and oxygen atoms in total. The predicted molar refractivity (Wildman–Crippen MR) is 81.1 cm³/mol. The van der Waals surface area contributed by atoms with Crippen LogP contribution in [0, 0.1) is 0 Å². The molecule has 0 unspecified atom stereocenters. The Morgan fingerprint density at radius 2 is 1.86 bits per heavy atom. The topological polar surface area (TPSA) is 97.1 Å². The zero-order chi connectivity index (χ0) is 15.2. The second-order valence-corrected chi connectivity index (χ2v) is 4.59. The van der Waals surface area contributed by atoms with Crippen LogP contribution in [0.4, 0.5) is 11.5 Å². The third-order valence-electron chi connectivity index (χ3n) is 2.56. The molecule has 1 heterocycles. The number of hydrogen-bond donors (Lipinski definition) is 3. The molecule has 1 aromatic heterocycles. The van der Waals surface area contributed by atoms with Gasteiger partial charge < -0.3 is 16.4 Å². The Morgan fingerprint density at radius 1 is 1.14 bits per heavy atom. The fourth-order valence-corrected chi connectivity index (χ4v) is 1.73. The van der Waals surface area contributed by atoms with Crippen LogP contribution >= 0.6 is 11.6 Å². The van der Waals surface area contributed by atoms with Crippen LogP contribution in [-0.2, 0) is 4.79 Å². The molecule has 0 aliphatic heterocycles. The lowest BCUT2D eigenvalue weighted by molar-refractivity contribution is -0.115. The van der Waals surface area contributed by atoms with Gasteiger partial charge in [-0.3, -0.25) is 9.59 Å². The molecule has 0 aliphatic rings. The third-order valence-corrected chi connectivity index (χ3v) is 2.78. The van der Waals surface area contributed by atoms with Crippen molar-refractivity contribution < 1.29 is 9.59 Å². The number of nitrogens with one attached hydrogen (secondary N) is 2. The maximum atomic E-state index is 11.8. The lowest BCUT2D eigenvalue weighted by Crippen LogP contribution is -2.33. The number of halogens is 1. The molecule has 1 aromatic carbocycles. The Bertz CT molecular complexity index is 658. The molecule has 0 spiro atoms. The summed E-state index contributed by atoms with van der Waals surface area (Å²) in [5.74, 6) is -0.424. The van der Waals surface area contributed by atoms with E-state index in [4.69, 9.17) is 17.3 Å². The van der Waals surface area contributed by atoms with Crippen molar-refractivity contribution in [1.29, 1.82) is 0 Å². The summed E-state index contributed by atoms with van der Waals surface area (Å²) >= 11 is 5.71. The third kappa shape index (κ3) is 4.47. The van der Waals surface area contributed by atoms with Crippen LogP contribution in [0.25, 0.3) is 0 Å². The number of nitrogen functional groups attached to an aromatic ring is 1. The number of benzene rings is 1. The molecule has 0 radical (unpaired) electrons. The number of rotatable bonds is 4. The number of aromatic nitrogens is 1. The number of nitrogens with zero attached hydrogens (tertiary/aromatic N) is 1. The Kier molecular flexibility index (Phi) is 4.73. The van der Waals surface area contributed by atoms with Crippen molar-refractivity contribution >= 4 is 34.9 Å². The van der Waals surface area contributed by atoms with Crippen molar-refractivity contribution in [2.75, 3.05) is 17.6 Å². The van der Waals surface area contributed by atoms with E-state index in [9.17, 15) is 9.59 Å². The van der Waals surface area contributed by atoms with Crippen LogP contribution in [0.5, 0.6) is 0 Å². The van der Waals surface area contributed by atoms with Gasteiger partial charge in [0.1, 0.15) is 11.0 Å². The molecule has 2 amide bonds. The van der Waals surface area contributed by atoms with Gasteiger partial charge in [-0.1, -0.05) is 17.7 Å². The van der Waals surface area contributed by atoms with E-state index in [1.54, 1.807) is 42.5 Å². The maximum Gasteiger partial charge on any atom is 0.251 e. The molecule has 4 N–H and O–H groups in total. The first-order valence-electron chi connectivity index (χ1n) is 6.11. The summed E-state index contributed by atoms with van der Waals surface area (Å²) in [7, 11) is 0. The Hall–Kier alpha value is -2.60. The van der Waals surface area contributed by atoms with E-state index >= 15 is 0 Å². The minimum Gasteiger partial charge on any atom is -0.399 e. The average molecular weight is 305 g/mol. The van der Waals surface area contributed by atoms with Gasteiger partial charge in [0.2, 0.25) is 5.91 Å². The lowest BCUT2D eigenvalue weighted by atomic mass is 10.2. The van der Waals surface area contributed by atoms with Crippen LogP contribution in [0.15, 0.2) is 42.5 Å². The predicted octanol–water partition coefficient (Wildman–Crippen LogP) is 1.69. The quantitative estimate of drug-likeness (QED) is 0.591. The molecule has 2 rings (SSSR count). The first-order chi connectivity index (χ1) is 10.0. The zero-order valence-corrected chi connectivity index (χ0v) is 11.7. The van der Waals surface area contributed by atoms with Crippen LogP contribution in [-0.4, -0.2) is 23.3 Å². The molecule has 0 saturated carbocycles. The average Bonchev–Trinajstić information content (AvgIpc) is 2.45. The summed E-state index contributed by atoms with van der Waals surface area (Å²) in [6.07, 6.45) is 0. The first-order valence-corrected chi connectivity index (χ1v) is 6.48. The molecular weight excluding hydrogens is 292 g/mol. The van der Waals surface area contributed by atoms with Crippen molar-refractivity contribution in [3.63, 3.8) is 0 Å². The first kappa shape index (κ1) is 14.8. The van der Waals surface area contributed by atoms with Gasteiger partial charge in [0.15, 0.2) is 0 Å². The molecular formula is C14H13ClN4O2. The summed E-state index contributed by atoms with van der Waals surface area (Å²) in [5.41, 5.74) is 6.53. The van der Waals surface area contributed by atoms with Gasteiger partial charge in [0.25, 0.3) is 5.91 Å². The van der Waals surface area contributed by atoms with E-state index in [1.165, 1.54) is 0 Å². The smallest absolute Gasteiger partial charge is 0.251 e. The van der Waals surface area contributed by atoms with Gasteiger partial charge in [-0.05, 0) is 36.4 Å². The van der Waals surface area contributed by atoms with Crippen molar-refractivity contribution in [2.24, 2.45) is 0 Å². The van der Waals surface area contributed by atoms with Gasteiger partial charge in [0.05, 0.1) is 6.54 Å². The molecule has 0 fully saturated rings. The number of hydrogen-bond acceptors (Lipinski definition) is 4. The standard InChI is InChI=1S/C14H13ClN4O2/c15-11-2-1-3-12(18-11)19-13(20)8-17-14(21)9-4-6-10(16)7-5-9/h1-7H,8,16H2,(H,17,21)(H,18,19,20). The van der Waals surface area contributed by atoms with E-state index < -0.39 is 5.91 Å². The normalized spacial score (nSPS) is 9.95. The van der Waals surface area contributed by atoms with Crippen molar-refractivity contribution in [2.45, 2.75) is 0 Å². The largest absolute Gasteiger partial charge is 0.399 e. The van der Waals surface area contributed by atoms with Crippen LogP contribution in [0.3, 0.4) is 0 Å². The summed E-state index contributed by atoms with van der Waals surface area (Å²) in [5, 5.41) is 5.31. The van der Waals surface area contributed by atoms with E-state index in [0.717, 1.165) is 0 Å². The van der Waals surface area contributed by atoms with Crippen LogP contribution in [0.2, 0.25) is 5.15 Å². The monoisotopic (exact) mass is 304 g/mol. The number of carbonyl (C=O) groups excluding carboxylic acids is 2.